The van der Waals surface area contributed by atoms with E-state index < -0.39 is 8.56 Å². The predicted octanol–water partition coefficient (Wildman–Crippen LogP) is 1.59. The summed E-state index contributed by atoms with van der Waals surface area (Å²) in [6.07, 6.45) is 0. The van der Waals surface area contributed by atoms with Crippen LogP contribution in [0.25, 0.3) is 0 Å². The largest absolute Gasteiger partial charge is 0.398 e. The average molecular weight is 169 g/mol. The Balaban J connectivity index is 3.62. The lowest BCUT2D eigenvalue weighted by Crippen LogP contribution is -2.36. The molecule has 0 radical (unpaired) electrons. The molecule has 0 rings (SSSR count). The van der Waals surface area contributed by atoms with Gasteiger partial charge in [0.15, 0.2) is 0 Å². The first-order valence-electron chi connectivity index (χ1n) is 2.85. The molecule has 0 fully saturated rings. The third-order valence-corrected chi connectivity index (χ3v) is 4.80. The van der Waals surface area contributed by atoms with E-state index in [0.717, 1.165) is 6.04 Å². The quantitative estimate of drug-likeness (QED) is 0.469. The van der Waals surface area contributed by atoms with E-state index in [1.54, 1.807) is 14.2 Å². The molecule has 0 saturated heterocycles. The van der Waals surface area contributed by atoms with Crippen molar-refractivity contribution in [3.8, 4) is 0 Å². The van der Waals surface area contributed by atoms with Gasteiger partial charge in [-0.3, -0.25) is 0 Å². The molecule has 0 bridgehead atoms. The summed E-state index contributed by atoms with van der Waals surface area (Å²) in [5.41, 5.74) is 0. The molecule has 0 saturated carbocycles. The first-order chi connectivity index (χ1) is 4.18. The molecule has 0 atom stereocenters. The zero-order valence-corrected chi connectivity index (χ0v) is 7.86. The molecule has 56 valence electrons. The molecule has 0 aromatic carbocycles. The van der Waals surface area contributed by atoms with Gasteiger partial charge in [0.25, 0.3) is 0 Å². The molecule has 4 heteroatoms. The molecule has 0 N–H and O–H groups in total. The Labute approximate surface area is 62.4 Å². The van der Waals surface area contributed by atoms with E-state index in [1.165, 1.54) is 0 Å². The lowest BCUT2D eigenvalue weighted by Gasteiger charge is -2.20. The van der Waals surface area contributed by atoms with Crippen molar-refractivity contribution < 1.29 is 8.85 Å². The summed E-state index contributed by atoms with van der Waals surface area (Å²) in [5, 5.41) is 0. The number of hydrogen-bond donors (Lipinski definition) is 0. The van der Waals surface area contributed by atoms with Crippen LogP contribution in [-0.2, 0) is 8.85 Å². The summed E-state index contributed by atoms with van der Waals surface area (Å²) in [7, 11) is 1.51. The highest BCUT2D eigenvalue weighted by atomic mass is 35.5. The Morgan fingerprint density at radius 2 is 1.78 bits per heavy atom. The van der Waals surface area contributed by atoms with Crippen LogP contribution < -0.4 is 0 Å². The van der Waals surface area contributed by atoms with Crippen LogP contribution in [0.5, 0.6) is 0 Å². The fourth-order valence-electron chi connectivity index (χ4n) is 0.459. The maximum absolute atomic E-state index is 5.52. The third kappa shape index (κ3) is 3.20. The highest BCUT2D eigenvalue weighted by Crippen LogP contribution is 2.10. The van der Waals surface area contributed by atoms with Crippen LogP contribution in [0.3, 0.4) is 0 Å². The summed E-state index contributed by atoms with van der Waals surface area (Å²) in [4.78, 5) is 0. The van der Waals surface area contributed by atoms with Crippen LogP contribution in [-0.4, -0.2) is 28.7 Å². The molecule has 2 nitrogen and oxygen atoms in total. The summed E-state index contributed by atoms with van der Waals surface area (Å²) in [6, 6.07) is 0.849. The first-order valence-corrected chi connectivity index (χ1v) is 5.90. The van der Waals surface area contributed by atoms with Crippen LogP contribution in [0.1, 0.15) is 0 Å². The molecular formula is C5H13ClO2Si. The molecule has 0 unspecified atom stereocenters. The molecular weight excluding hydrogens is 156 g/mol. The second-order valence-electron chi connectivity index (χ2n) is 1.98. The fourth-order valence-corrected chi connectivity index (χ4v) is 2.41. The molecule has 0 heterocycles. The van der Waals surface area contributed by atoms with E-state index in [9.17, 15) is 0 Å². The Morgan fingerprint density at radius 3 is 1.89 bits per heavy atom. The van der Waals surface area contributed by atoms with E-state index in [-0.39, 0.29) is 0 Å². The van der Waals surface area contributed by atoms with E-state index in [4.69, 9.17) is 20.5 Å². The molecule has 0 spiro atoms. The molecule has 0 aliphatic carbocycles. The minimum Gasteiger partial charge on any atom is -0.398 e. The number of hydrogen-bond acceptors (Lipinski definition) is 2. The lowest BCUT2D eigenvalue weighted by atomic mass is 11.0. The maximum atomic E-state index is 5.52. The topological polar surface area (TPSA) is 18.5 Å². The van der Waals surface area contributed by atoms with Gasteiger partial charge in [-0.05, 0) is 6.55 Å². The van der Waals surface area contributed by atoms with Crippen LogP contribution in [0.15, 0.2) is 0 Å². The number of halogens is 1. The van der Waals surface area contributed by atoms with Crippen molar-refractivity contribution in [2.45, 2.75) is 12.6 Å². The van der Waals surface area contributed by atoms with Gasteiger partial charge in [0.1, 0.15) is 0 Å². The first kappa shape index (κ1) is 9.43. The molecule has 9 heavy (non-hydrogen) atoms. The average Bonchev–Trinajstić information content (AvgIpc) is 1.89. The van der Waals surface area contributed by atoms with Crippen LogP contribution >= 0.6 is 11.6 Å². The molecule has 0 aliphatic heterocycles. The fraction of sp³-hybridized carbons (Fsp3) is 1.00. The standard InChI is InChI=1S/C5H13ClO2Si/c1-7-9(3,8-2)5-4-6/h4-5H2,1-3H3. The van der Waals surface area contributed by atoms with Crippen molar-refractivity contribution >= 4 is 20.2 Å². The van der Waals surface area contributed by atoms with Crippen molar-refractivity contribution in [2.24, 2.45) is 0 Å². The second kappa shape index (κ2) is 4.28. The van der Waals surface area contributed by atoms with Gasteiger partial charge in [0.05, 0.1) is 0 Å². The Kier molecular flexibility index (Phi) is 4.48. The third-order valence-electron chi connectivity index (χ3n) is 1.41. The molecule has 0 aliphatic rings. The van der Waals surface area contributed by atoms with E-state index in [1.807, 2.05) is 6.55 Å². The highest BCUT2D eigenvalue weighted by Gasteiger charge is 2.27. The minimum absolute atomic E-state index is 0.615. The summed E-state index contributed by atoms with van der Waals surface area (Å²) in [5.74, 6) is 0.615. The van der Waals surface area contributed by atoms with E-state index in [0.29, 0.717) is 5.88 Å². The normalized spacial score (nSPS) is 12.0. The number of alkyl halides is 1. The number of rotatable bonds is 4. The van der Waals surface area contributed by atoms with Gasteiger partial charge in [-0.2, -0.15) is 0 Å². The maximum Gasteiger partial charge on any atom is 0.335 e. The van der Waals surface area contributed by atoms with Crippen LogP contribution in [0.4, 0.5) is 0 Å². The summed E-state index contributed by atoms with van der Waals surface area (Å²) < 4.78 is 10.3. The molecule has 0 aromatic rings. The predicted molar refractivity (Wildman–Crippen MR) is 41.2 cm³/mol. The Morgan fingerprint density at radius 1 is 1.33 bits per heavy atom. The van der Waals surface area contributed by atoms with Gasteiger partial charge in [0, 0.05) is 26.1 Å². The van der Waals surface area contributed by atoms with Gasteiger partial charge < -0.3 is 8.85 Å². The van der Waals surface area contributed by atoms with Crippen molar-refractivity contribution in [1.82, 2.24) is 0 Å². The van der Waals surface area contributed by atoms with Crippen molar-refractivity contribution in [1.29, 1.82) is 0 Å². The Hall–Kier alpha value is 0.427. The summed E-state index contributed by atoms with van der Waals surface area (Å²) >= 11 is 5.52. The lowest BCUT2D eigenvalue weighted by molar-refractivity contribution is 0.251. The van der Waals surface area contributed by atoms with Gasteiger partial charge >= 0.3 is 8.56 Å². The van der Waals surface area contributed by atoms with E-state index in [2.05, 4.69) is 0 Å². The monoisotopic (exact) mass is 168 g/mol. The van der Waals surface area contributed by atoms with Crippen molar-refractivity contribution in [3.05, 3.63) is 0 Å². The van der Waals surface area contributed by atoms with Crippen LogP contribution in [0.2, 0.25) is 12.6 Å². The highest BCUT2D eigenvalue weighted by molar-refractivity contribution is 6.66. The van der Waals surface area contributed by atoms with Gasteiger partial charge in [0.2, 0.25) is 0 Å². The van der Waals surface area contributed by atoms with Gasteiger partial charge in [-0.1, -0.05) is 0 Å². The van der Waals surface area contributed by atoms with Gasteiger partial charge in [-0.15, -0.1) is 11.6 Å². The Bertz CT molecular complexity index is 75.4. The van der Waals surface area contributed by atoms with Crippen molar-refractivity contribution in [2.75, 3.05) is 20.1 Å². The summed E-state index contributed by atoms with van der Waals surface area (Å²) in [6.45, 7) is 2.00. The molecule has 0 amide bonds. The minimum atomic E-state index is -1.83. The molecule has 0 aromatic heterocycles. The van der Waals surface area contributed by atoms with Gasteiger partial charge in [-0.25, -0.2) is 0 Å². The zero-order valence-electron chi connectivity index (χ0n) is 6.11. The second-order valence-corrected chi connectivity index (χ2v) is 5.94. The van der Waals surface area contributed by atoms with E-state index >= 15 is 0 Å². The SMILES string of the molecule is CO[Si](C)(CCCl)OC. The zero-order chi connectivity index (χ0) is 7.33. The van der Waals surface area contributed by atoms with Crippen molar-refractivity contribution in [3.63, 3.8) is 0 Å². The van der Waals surface area contributed by atoms with Crippen LogP contribution in [0, 0.1) is 0 Å². The smallest absolute Gasteiger partial charge is 0.335 e.